The molecule has 0 saturated carbocycles. The van der Waals surface area contributed by atoms with Crippen molar-refractivity contribution < 1.29 is 9.90 Å². The highest BCUT2D eigenvalue weighted by molar-refractivity contribution is 7.14. The van der Waals surface area contributed by atoms with Gasteiger partial charge in [0.1, 0.15) is 17.6 Å². The molecule has 4 heterocycles. The van der Waals surface area contributed by atoms with E-state index in [1.165, 1.54) is 16.9 Å². The molecule has 0 radical (unpaired) electrons. The van der Waals surface area contributed by atoms with Crippen LogP contribution in [-0.2, 0) is 4.79 Å². The van der Waals surface area contributed by atoms with Gasteiger partial charge in [0.25, 0.3) is 0 Å². The van der Waals surface area contributed by atoms with Crippen LogP contribution in [0.3, 0.4) is 0 Å². The van der Waals surface area contributed by atoms with E-state index >= 15 is 0 Å². The molecule has 32 heavy (non-hydrogen) atoms. The number of amides is 1. The summed E-state index contributed by atoms with van der Waals surface area (Å²) in [4.78, 5) is 25.3. The zero-order chi connectivity index (χ0) is 22.1. The fourth-order valence-corrected chi connectivity index (χ4v) is 5.53. The van der Waals surface area contributed by atoms with E-state index in [0.29, 0.717) is 16.4 Å². The third-order valence-electron chi connectivity index (χ3n) is 5.63. The van der Waals surface area contributed by atoms with Crippen LogP contribution < -0.4 is 10.2 Å². The lowest BCUT2D eigenvalue weighted by atomic mass is 10.1. The van der Waals surface area contributed by atoms with Crippen molar-refractivity contribution in [2.24, 2.45) is 0 Å². The molecule has 0 bridgehead atoms. The second kappa shape index (κ2) is 8.72. The van der Waals surface area contributed by atoms with Crippen LogP contribution in [0.1, 0.15) is 18.4 Å². The highest BCUT2D eigenvalue weighted by atomic mass is 32.1. The highest BCUT2D eigenvalue weighted by Gasteiger charge is 2.32. The number of carbonyl (C=O) groups excluding carboxylic acids is 1. The van der Waals surface area contributed by atoms with Crippen LogP contribution >= 0.6 is 22.7 Å². The minimum absolute atomic E-state index is 0.0685. The quantitative estimate of drug-likeness (QED) is 0.406. The number of aromatic nitrogens is 2. The maximum absolute atomic E-state index is 13.0. The van der Waals surface area contributed by atoms with Crippen molar-refractivity contribution in [1.29, 1.82) is 0 Å². The first-order valence-corrected chi connectivity index (χ1v) is 12.2. The van der Waals surface area contributed by atoms with E-state index in [2.05, 4.69) is 39.6 Å². The first-order valence-electron chi connectivity index (χ1n) is 10.4. The van der Waals surface area contributed by atoms with Crippen molar-refractivity contribution in [2.45, 2.75) is 25.8 Å². The number of thiophene rings is 1. The number of rotatable bonds is 5. The molecular weight excluding hydrogens is 440 g/mol. The molecule has 1 aliphatic heterocycles. The molecule has 5 rings (SSSR count). The average molecular weight is 463 g/mol. The summed E-state index contributed by atoms with van der Waals surface area (Å²) in [5.41, 5.74) is 3.59. The number of phenols is 1. The number of pyridine rings is 1. The van der Waals surface area contributed by atoms with Crippen LogP contribution in [0.15, 0.2) is 59.4 Å². The Morgan fingerprint density at radius 1 is 1.19 bits per heavy atom. The molecule has 1 aliphatic rings. The first kappa shape index (κ1) is 20.7. The molecule has 4 aromatic rings. The van der Waals surface area contributed by atoms with Crippen LogP contribution in [0, 0.1) is 6.92 Å². The number of benzene rings is 1. The van der Waals surface area contributed by atoms with Crippen molar-refractivity contribution in [2.75, 3.05) is 16.8 Å². The van der Waals surface area contributed by atoms with Gasteiger partial charge in [0.2, 0.25) is 5.91 Å². The predicted octanol–water partition coefficient (Wildman–Crippen LogP) is 5.56. The second-order valence-electron chi connectivity index (χ2n) is 7.73. The van der Waals surface area contributed by atoms with E-state index in [9.17, 15) is 9.90 Å². The third kappa shape index (κ3) is 3.99. The van der Waals surface area contributed by atoms with Gasteiger partial charge in [0.05, 0.1) is 5.69 Å². The number of nitrogens with one attached hydrogen (secondary N) is 1. The number of aromatic hydroxyl groups is 1. The number of para-hydroxylation sites is 1. The summed E-state index contributed by atoms with van der Waals surface area (Å²) in [6, 6.07) is 13.1. The third-order valence-corrected chi connectivity index (χ3v) is 7.38. The minimum atomic E-state index is -0.316. The Labute approximate surface area is 194 Å². The van der Waals surface area contributed by atoms with E-state index in [-0.39, 0.29) is 17.7 Å². The summed E-state index contributed by atoms with van der Waals surface area (Å²) in [6.07, 6.45) is 3.35. The second-order valence-corrected chi connectivity index (χ2v) is 9.54. The molecule has 6 nitrogen and oxygen atoms in total. The van der Waals surface area contributed by atoms with Gasteiger partial charge < -0.3 is 15.3 Å². The molecule has 1 saturated heterocycles. The lowest BCUT2D eigenvalue weighted by molar-refractivity contribution is -0.117. The number of nitrogens with zero attached hydrogens (tertiary/aromatic N) is 3. The topological polar surface area (TPSA) is 78.4 Å². The number of anilines is 2. The largest absolute Gasteiger partial charge is 0.507 e. The Morgan fingerprint density at radius 2 is 2.06 bits per heavy atom. The fraction of sp³-hybridized carbons (Fsp3) is 0.208. The summed E-state index contributed by atoms with van der Waals surface area (Å²) in [6.45, 7) is 2.84. The Hall–Kier alpha value is -3.23. The van der Waals surface area contributed by atoms with Crippen LogP contribution in [0.5, 0.6) is 5.75 Å². The molecule has 1 aromatic carbocycles. The molecule has 0 unspecified atom stereocenters. The van der Waals surface area contributed by atoms with E-state index in [4.69, 9.17) is 4.98 Å². The lowest BCUT2D eigenvalue weighted by Crippen LogP contribution is -2.40. The molecule has 1 atom stereocenters. The summed E-state index contributed by atoms with van der Waals surface area (Å²) in [5.74, 6) is 0.858. The normalized spacial score (nSPS) is 15.8. The highest BCUT2D eigenvalue weighted by Crippen LogP contribution is 2.37. The molecule has 1 fully saturated rings. The Balaban J connectivity index is 1.56. The molecular formula is C24H22N4O2S2. The van der Waals surface area contributed by atoms with Crippen molar-refractivity contribution in [3.63, 3.8) is 0 Å². The van der Waals surface area contributed by atoms with Gasteiger partial charge in [0.15, 0.2) is 5.13 Å². The zero-order valence-electron chi connectivity index (χ0n) is 17.5. The van der Waals surface area contributed by atoms with Gasteiger partial charge in [-0.25, -0.2) is 9.97 Å². The Morgan fingerprint density at radius 3 is 2.81 bits per heavy atom. The van der Waals surface area contributed by atoms with Crippen molar-refractivity contribution >= 4 is 39.5 Å². The summed E-state index contributed by atoms with van der Waals surface area (Å²) < 4.78 is 0. The Kier molecular flexibility index (Phi) is 5.63. The van der Waals surface area contributed by atoms with Gasteiger partial charge in [-0.2, -0.15) is 0 Å². The number of aryl methyl sites for hydroxylation is 1. The molecule has 8 heteroatoms. The molecule has 162 valence electrons. The number of hydrogen-bond donors (Lipinski definition) is 2. The van der Waals surface area contributed by atoms with Crippen LogP contribution in [0.2, 0.25) is 0 Å². The standard InChI is InChI=1S/C24H22N4O2S2/c1-15-8-11-31-22(15)16-13-18(17-5-2-3-7-20(17)29)26-21(14-16)28-10-4-6-19(28)23(30)27-24-25-9-12-32-24/h2-3,5,7-9,11-14,19,29H,4,6,10H2,1H3,(H,25,27,30)/t19-/m0/s1. The van der Waals surface area contributed by atoms with Gasteiger partial charge in [-0.1, -0.05) is 12.1 Å². The summed E-state index contributed by atoms with van der Waals surface area (Å²) in [7, 11) is 0. The Bertz CT molecular complexity index is 1250. The number of phenolic OH excluding ortho intramolecular Hbond substituents is 1. The van der Waals surface area contributed by atoms with Gasteiger partial charge in [-0.3, -0.25) is 4.79 Å². The van der Waals surface area contributed by atoms with E-state index in [1.54, 1.807) is 29.7 Å². The van der Waals surface area contributed by atoms with E-state index in [0.717, 1.165) is 35.6 Å². The van der Waals surface area contributed by atoms with Gasteiger partial charge in [0, 0.05) is 28.6 Å². The van der Waals surface area contributed by atoms with Crippen molar-refractivity contribution in [1.82, 2.24) is 9.97 Å². The molecule has 2 N–H and O–H groups in total. The predicted molar refractivity (Wildman–Crippen MR) is 130 cm³/mol. The minimum Gasteiger partial charge on any atom is -0.507 e. The van der Waals surface area contributed by atoms with Gasteiger partial charge in [-0.05, 0) is 66.6 Å². The van der Waals surface area contributed by atoms with Crippen molar-refractivity contribution in [3.05, 3.63) is 65.0 Å². The van der Waals surface area contributed by atoms with E-state index in [1.807, 2.05) is 23.6 Å². The van der Waals surface area contributed by atoms with Gasteiger partial charge >= 0.3 is 0 Å². The zero-order valence-corrected chi connectivity index (χ0v) is 19.1. The maximum atomic E-state index is 13.0. The summed E-state index contributed by atoms with van der Waals surface area (Å²) in [5, 5.41) is 17.9. The molecule has 1 amide bonds. The van der Waals surface area contributed by atoms with Crippen molar-refractivity contribution in [3.8, 4) is 27.4 Å². The van der Waals surface area contributed by atoms with Gasteiger partial charge in [-0.15, -0.1) is 22.7 Å². The maximum Gasteiger partial charge on any atom is 0.248 e. The average Bonchev–Trinajstić information content (AvgIpc) is 3.55. The number of carbonyl (C=O) groups is 1. The first-order chi connectivity index (χ1) is 15.6. The number of thiazole rings is 1. The van der Waals surface area contributed by atoms with E-state index < -0.39 is 0 Å². The van der Waals surface area contributed by atoms with Crippen LogP contribution in [0.25, 0.3) is 21.7 Å². The smallest absolute Gasteiger partial charge is 0.248 e. The molecule has 0 aliphatic carbocycles. The van der Waals surface area contributed by atoms with Crippen LogP contribution in [0.4, 0.5) is 10.9 Å². The van der Waals surface area contributed by atoms with Crippen LogP contribution in [-0.4, -0.2) is 33.6 Å². The monoisotopic (exact) mass is 462 g/mol. The molecule has 0 spiro atoms. The molecule has 3 aromatic heterocycles. The number of hydrogen-bond acceptors (Lipinski definition) is 7. The fourth-order valence-electron chi connectivity index (χ4n) is 4.08. The lowest BCUT2D eigenvalue weighted by Gasteiger charge is -2.25. The summed E-state index contributed by atoms with van der Waals surface area (Å²) >= 11 is 3.08. The SMILES string of the molecule is Cc1ccsc1-c1cc(-c2ccccc2O)nc(N2CCC[C@H]2C(=O)Nc2nccs2)c1.